The second kappa shape index (κ2) is 14.0. The number of Topliss-reactive ketones (excluding diaryl/α,β-unsaturated/α-hetero) is 1. The molecular weight excluding hydrogens is 572 g/mol. The van der Waals surface area contributed by atoms with Gasteiger partial charge < -0.3 is 24.1 Å². The van der Waals surface area contributed by atoms with Crippen LogP contribution in [0.25, 0.3) is 5.76 Å². The zero-order valence-electron chi connectivity index (χ0n) is 24.5. The molecule has 1 atom stereocenters. The minimum absolute atomic E-state index is 0.00464. The number of carbonyl (C=O) groups excluding carboxylic acids is 3. The summed E-state index contributed by atoms with van der Waals surface area (Å²) in [7, 11) is 0. The first-order valence-corrected chi connectivity index (χ1v) is 14.8. The number of thiazole rings is 1. The molecule has 1 N–H and O–H groups in total. The maximum atomic E-state index is 13.6. The van der Waals surface area contributed by atoms with Gasteiger partial charge in [0.15, 0.2) is 16.6 Å². The number of amides is 1. The normalized spacial score (nSPS) is 15.8. The molecule has 0 saturated carbocycles. The first-order chi connectivity index (χ1) is 20.7. The third-order valence-corrected chi connectivity index (χ3v) is 7.57. The monoisotopic (exact) mass is 606 g/mol. The molecular formula is C32H34N2O8S. The van der Waals surface area contributed by atoms with E-state index in [2.05, 4.69) is 11.6 Å². The van der Waals surface area contributed by atoms with Crippen molar-refractivity contribution in [3.8, 4) is 17.2 Å². The summed E-state index contributed by atoms with van der Waals surface area (Å²) in [6, 6.07) is 10.6. The number of aliphatic hydroxyl groups excluding tert-OH is 1. The van der Waals surface area contributed by atoms with E-state index in [1.54, 1.807) is 49.4 Å². The maximum Gasteiger partial charge on any atom is 0.350 e. The summed E-state index contributed by atoms with van der Waals surface area (Å²) in [5.74, 6) is -1.28. The van der Waals surface area contributed by atoms with Crippen molar-refractivity contribution in [3.63, 3.8) is 0 Å². The molecule has 1 amide bonds. The maximum absolute atomic E-state index is 13.6. The number of hydrogen-bond acceptors (Lipinski definition) is 10. The highest BCUT2D eigenvalue weighted by atomic mass is 32.1. The first kappa shape index (κ1) is 31.3. The number of ether oxygens (including phenoxy) is 4. The number of nitrogens with zero attached hydrogens (tertiary/aromatic N) is 2. The fourth-order valence-corrected chi connectivity index (χ4v) is 5.53. The average Bonchev–Trinajstić information content (AvgIpc) is 3.52. The highest BCUT2D eigenvalue weighted by Crippen LogP contribution is 2.45. The topological polar surface area (TPSA) is 124 Å². The van der Waals surface area contributed by atoms with Crippen LogP contribution in [-0.4, -0.2) is 54.2 Å². The third kappa shape index (κ3) is 6.56. The van der Waals surface area contributed by atoms with Crippen molar-refractivity contribution in [2.75, 3.05) is 31.3 Å². The van der Waals surface area contributed by atoms with Crippen LogP contribution in [0, 0.1) is 6.92 Å². The van der Waals surface area contributed by atoms with Crippen LogP contribution in [0.5, 0.6) is 17.2 Å². The molecule has 3 aromatic rings. The molecule has 1 aromatic heterocycles. The number of benzene rings is 2. The van der Waals surface area contributed by atoms with Crippen LogP contribution >= 0.6 is 11.3 Å². The summed E-state index contributed by atoms with van der Waals surface area (Å²) in [4.78, 5) is 45.8. The van der Waals surface area contributed by atoms with E-state index >= 15 is 0 Å². The fraction of sp³-hybridized carbons (Fsp3) is 0.312. The molecule has 1 fully saturated rings. The number of ketones is 1. The molecule has 1 aliphatic heterocycles. The highest BCUT2D eigenvalue weighted by molar-refractivity contribution is 7.17. The second-order valence-corrected chi connectivity index (χ2v) is 10.4. The minimum Gasteiger partial charge on any atom is -0.507 e. The lowest BCUT2D eigenvalue weighted by Gasteiger charge is -2.24. The van der Waals surface area contributed by atoms with Gasteiger partial charge in [-0.1, -0.05) is 37.0 Å². The molecule has 1 unspecified atom stereocenters. The van der Waals surface area contributed by atoms with Crippen molar-refractivity contribution in [3.05, 3.63) is 82.4 Å². The Labute approximate surface area is 254 Å². The van der Waals surface area contributed by atoms with E-state index in [1.807, 2.05) is 20.8 Å². The van der Waals surface area contributed by atoms with Crippen LogP contribution < -0.4 is 19.1 Å². The van der Waals surface area contributed by atoms with Crippen LogP contribution in [0.15, 0.2) is 60.7 Å². The molecule has 1 saturated heterocycles. The van der Waals surface area contributed by atoms with Gasteiger partial charge in [-0.2, -0.15) is 0 Å². The second-order valence-electron chi connectivity index (χ2n) is 9.41. The Balaban J connectivity index is 1.88. The van der Waals surface area contributed by atoms with E-state index in [0.717, 1.165) is 17.8 Å². The fourth-order valence-electron chi connectivity index (χ4n) is 4.54. The molecule has 0 aliphatic carbocycles. The summed E-state index contributed by atoms with van der Waals surface area (Å²) >= 11 is 0.921. The molecule has 43 heavy (non-hydrogen) atoms. The Kier molecular flexibility index (Phi) is 10.2. The number of rotatable bonds is 13. The number of aromatic nitrogens is 1. The first-order valence-electron chi connectivity index (χ1n) is 13.9. The van der Waals surface area contributed by atoms with Gasteiger partial charge >= 0.3 is 11.9 Å². The molecule has 0 radical (unpaired) electrons. The number of esters is 1. The van der Waals surface area contributed by atoms with Gasteiger partial charge in [0, 0.05) is 5.56 Å². The smallest absolute Gasteiger partial charge is 0.350 e. The Morgan fingerprint density at radius 2 is 1.74 bits per heavy atom. The SMILES string of the molecule is C=CCOC(=O)c1sc(N2C(=O)C(=O)/C(=C(/O)c3ccc(OCCC)cc3)C2c2ccc(OCC)c(OCC)c2)nc1C. The van der Waals surface area contributed by atoms with Gasteiger partial charge in [0.05, 0.1) is 37.1 Å². The molecule has 11 heteroatoms. The Morgan fingerprint density at radius 3 is 2.40 bits per heavy atom. The van der Waals surface area contributed by atoms with Gasteiger partial charge in [0.2, 0.25) is 0 Å². The van der Waals surface area contributed by atoms with Gasteiger partial charge in [-0.25, -0.2) is 9.78 Å². The molecule has 2 heterocycles. The average molecular weight is 607 g/mol. The summed E-state index contributed by atoms with van der Waals surface area (Å²) < 4.78 is 22.3. The van der Waals surface area contributed by atoms with Crippen LogP contribution in [0.3, 0.4) is 0 Å². The Bertz CT molecular complexity index is 1540. The Morgan fingerprint density at radius 1 is 1.05 bits per heavy atom. The van der Waals surface area contributed by atoms with Crippen LogP contribution in [0.1, 0.15) is 59.7 Å². The quantitative estimate of drug-likeness (QED) is 0.0819. The van der Waals surface area contributed by atoms with Crippen LogP contribution in [-0.2, 0) is 14.3 Å². The summed E-state index contributed by atoms with van der Waals surface area (Å²) in [6.45, 7) is 12.1. The molecule has 2 aromatic carbocycles. The Hall–Kier alpha value is -4.64. The van der Waals surface area contributed by atoms with E-state index in [4.69, 9.17) is 18.9 Å². The minimum atomic E-state index is -1.09. The van der Waals surface area contributed by atoms with Crippen molar-refractivity contribution in [2.45, 2.75) is 40.2 Å². The third-order valence-electron chi connectivity index (χ3n) is 6.44. The van der Waals surface area contributed by atoms with Gasteiger partial charge in [0.25, 0.3) is 5.78 Å². The van der Waals surface area contributed by atoms with Crippen molar-refractivity contribution < 1.29 is 38.4 Å². The largest absolute Gasteiger partial charge is 0.507 e. The predicted molar refractivity (Wildman–Crippen MR) is 163 cm³/mol. The lowest BCUT2D eigenvalue weighted by atomic mass is 9.95. The van der Waals surface area contributed by atoms with Crippen molar-refractivity contribution >= 4 is 39.9 Å². The van der Waals surface area contributed by atoms with E-state index in [-0.39, 0.29) is 27.9 Å². The predicted octanol–water partition coefficient (Wildman–Crippen LogP) is 6.01. The number of hydrogen-bond donors (Lipinski definition) is 1. The van der Waals surface area contributed by atoms with Gasteiger partial charge in [0.1, 0.15) is 23.0 Å². The lowest BCUT2D eigenvalue weighted by molar-refractivity contribution is -0.132. The van der Waals surface area contributed by atoms with E-state index in [0.29, 0.717) is 53.9 Å². The van der Waals surface area contributed by atoms with Crippen molar-refractivity contribution in [1.82, 2.24) is 4.98 Å². The molecule has 10 nitrogen and oxygen atoms in total. The van der Waals surface area contributed by atoms with E-state index in [9.17, 15) is 19.5 Å². The molecule has 4 rings (SSSR count). The van der Waals surface area contributed by atoms with E-state index in [1.165, 1.54) is 11.0 Å². The molecule has 0 spiro atoms. The molecule has 1 aliphatic rings. The van der Waals surface area contributed by atoms with Gasteiger partial charge in [-0.15, -0.1) is 0 Å². The number of anilines is 1. The summed E-state index contributed by atoms with van der Waals surface area (Å²) in [5, 5.41) is 11.6. The van der Waals surface area contributed by atoms with E-state index < -0.39 is 23.7 Å². The number of carbonyl (C=O) groups is 3. The molecule has 0 bridgehead atoms. The number of aliphatic hydroxyl groups is 1. The standard InChI is InChI=1S/C32H34N2O8S/c1-6-16-41-22-13-10-20(11-14-22)27(35)25-26(21-12-15-23(39-8-3)24(18-21)40-9-4)34(30(37)28(25)36)32-33-19(5)29(43-32)31(38)42-17-7-2/h7,10-15,18,26,35H,2,6,8-9,16-17H2,1,3-5H3/b27-25+. The summed E-state index contributed by atoms with van der Waals surface area (Å²) in [6.07, 6.45) is 2.28. The zero-order valence-corrected chi connectivity index (χ0v) is 25.4. The summed E-state index contributed by atoms with van der Waals surface area (Å²) in [5.41, 5.74) is 0.993. The highest BCUT2D eigenvalue weighted by Gasteiger charge is 2.48. The van der Waals surface area contributed by atoms with Crippen molar-refractivity contribution in [1.29, 1.82) is 0 Å². The van der Waals surface area contributed by atoms with Crippen LogP contribution in [0.2, 0.25) is 0 Å². The van der Waals surface area contributed by atoms with Crippen LogP contribution in [0.4, 0.5) is 5.13 Å². The number of aryl methyl sites for hydroxylation is 1. The van der Waals surface area contributed by atoms with Gasteiger partial charge in [-0.05, 0) is 69.2 Å². The van der Waals surface area contributed by atoms with Gasteiger partial charge in [-0.3, -0.25) is 14.5 Å². The van der Waals surface area contributed by atoms with Crippen molar-refractivity contribution in [2.24, 2.45) is 0 Å². The molecule has 226 valence electrons. The zero-order chi connectivity index (χ0) is 31.1. The lowest BCUT2D eigenvalue weighted by Crippen LogP contribution is -2.29.